The van der Waals surface area contributed by atoms with Crippen molar-refractivity contribution in [1.29, 1.82) is 0 Å². The van der Waals surface area contributed by atoms with Gasteiger partial charge in [-0.2, -0.15) is 0 Å². The molecule has 0 bridgehead atoms. The monoisotopic (exact) mass is 255 g/mol. The second-order valence-electron chi connectivity index (χ2n) is 4.24. The van der Waals surface area contributed by atoms with Crippen LogP contribution in [0.1, 0.15) is 20.3 Å². The third-order valence-electron chi connectivity index (χ3n) is 2.70. The summed E-state index contributed by atoms with van der Waals surface area (Å²) in [6.07, 6.45) is 6.61. The number of nitrogens with one attached hydrogen (secondary N) is 1. The number of rotatable bonds is 4. The molecule has 94 valence electrons. The highest BCUT2D eigenvalue weighted by atomic mass is 35.5. The fraction of sp³-hybridized carbons (Fsp3) is 0.462. The van der Waals surface area contributed by atoms with Crippen molar-refractivity contribution in [2.45, 2.75) is 20.3 Å². The summed E-state index contributed by atoms with van der Waals surface area (Å²) in [6, 6.07) is 0. The van der Waals surface area contributed by atoms with Crippen molar-refractivity contribution >= 4 is 17.5 Å². The highest BCUT2D eigenvalue weighted by Crippen LogP contribution is 2.20. The van der Waals surface area contributed by atoms with Crippen LogP contribution < -0.4 is 5.32 Å². The predicted molar refractivity (Wildman–Crippen MR) is 69.7 cm³/mol. The summed E-state index contributed by atoms with van der Waals surface area (Å²) < 4.78 is 0. The van der Waals surface area contributed by atoms with Gasteiger partial charge in [-0.05, 0) is 25.0 Å². The lowest BCUT2D eigenvalue weighted by molar-refractivity contribution is -0.125. The lowest BCUT2D eigenvalue weighted by Crippen LogP contribution is -2.32. The Kier molecular flexibility index (Phi) is 5.45. The SMILES string of the molecule is CC1=CCC(CNC(=O)C(C)CO)=C(Cl)C=C1. The van der Waals surface area contributed by atoms with E-state index in [-0.39, 0.29) is 18.4 Å². The van der Waals surface area contributed by atoms with Gasteiger partial charge in [0.25, 0.3) is 0 Å². The Morgan fingerprint density at radius 3 is 2.94 bits per heavy atom. The number of aliphatic hydroxyl groups is 1. The molecule has 0 aromatic carbocycles. The molecule has 0 saturated carbocycles. The minimum Gasteiger partial charge on any atom is -0.396 e. The standard InChI is InChI=1S/C13H18ClNO2/c1-9-3-5-11(12(14)6-4-9)7-15-13(17)10(2)8-16/h3-4,6,10,16H,5,7-8H2,1-2H3,(H,15,17). The summed E-state index contributed by atoms with van der Waals surface area (Å²) in [5.74, 6) is -0.536. The minimum absolute atomic E-state index is 0.141. The van der Waals surface area contributed by atoms with E-state index in [0.29, 0.717) is 11.6 Å². The Morgan fingerprint density at radius 1 is 1.59 bits per heavy atom. The average molecular weight is 256 g/mol. The van der Waals surface area contributed by atoms with Gasteiger partial charge in [0, 0.05) is 11.6 Å². The van der Waals surface area contributed by atoms with Gasteiger partial charge in [-0.3, -0.25) is 4.79 Å². The largest absolute Gasteiger partial charge is 0.396 e. The lowest BCUT2D eigenvalue weighted by Gasteiger charge is -2.11. The summed E-state index contributed by atoms with van der Waals surface area (Å²) in [6.45, 7) is 3.98. The molecule has 3 nitrogen and oxygen atoms in total. The second kappa shape index (κ2) is 6.62. The second-order valence-corrected chi connectivity index (χ2v) is 4.65. The quantitative estimate of drug-likeness (QED) is 0.809. The molecule has 1 unspecified atom stereocenters. The van der Waals surface area contributed by atoms with Crippen LogP contribution in [0.25, 0.3) is 0 Å². The zero-order valence-electron chi connectivity index (χ0n) is 10.2. The third-order valence-corrected chi connectivity index (χ3v) is 3.09. The number of hydrogen-bond donors (Lipinski definition) is 2. The van der Waals surface area contributed by atoms with Gasteiger partial charge in [-0.25, -0.2) is 0 Å². The zero-order valence-corrected chi connectivity index (χ0v) is 10.9. The van der Waals surface area contributed by atoms with Crippen LogP contribution in [-0.2, 0) is 4.79 Å². The Hall–Kier alpha value is -1.06. The van der Waals surface area contributed by atoms with E-state index in [1.807, 2.05) is 19.1 Å². The van der Waals surface area contributed by atoms with Crippen molar-refractivity contribution in [2.75, 3.05) is 13.2 Å². The minimum atomic E-state index is -0.382. The first-order chi connectivity index (χ1) is 8.04. The van der Waals surface area contributed by atoms with Crippen molar-refractivity contribution in [3.8, 4) is 0 Å². The number of halogens is 1. The van der Waals surface area contributed by atoms with Gasteiger partial charge in [0.1, 0.15) is 0 Å². The van der Waals surface area contributed by atoms with Crippen LogP contribution in [0, 0.1) is 5.92 Å². The molecule has 4 heteroatoms. The van der Waals surface area contributed by atoms with Gasteiger partial charge in [0.05, 0.1) is 12.5 Å². The van der Waals surface area contributed by atoms with Crippen LogP contribution in [0.4, 0.5) is 0 Å². The number of aliphatic hydroxyl groups excluding tert-OH is 1. The highest BCUT2D eigenvalue weighted by molar-refractivity contribution is 6.31. The van der Waals surface area contributed by atoms with Crippen LogP contribution >= 0.6 is 11.6 Å². The van der Waals surface area contributed by atoms with Crippen LogP contribution in [0.5, 0.6) is 0 Å². The first kappa shape index (κ1) is 14.0. The van der Waals surface area contributed by atoms with E-state index in [0.717, 1.165) is 17.6 Å². The van der Waals surface area contributed by atoms with Crippen LogP contribution in [0.3, 0.4) is 0 Å². The third kappa shape index (κ3) is 4.36. The molecule has 2 N–H and O–H groups in total. The molecule has 0 aromatic rings. The van der Waals surface area contributed by atoms with E-state index in [1.165, 1.54) is 0 Å². The van der Waals surface area contributed by atoms with Gasteiger partial charge in [-0.15, -0.1) is 0 Å². The Balaban J connectivity index is 2.57. The maximum Gasteiger partial charge on any atom is 0.225 e. The zero-order chi connectivity index (χ0) is 12.8. The molecule has 0 fully saturated rings. The molecule has 0 saturated heterocycles. The molecule has 1 rings (SSSR count). The topological polar surface area (TPSA) is 49.3 Å². The first-order valence-corrected chi connectivity index (χ1v) is 6.03. The summed E-state index contributed by atoms with van der Waals surface area (Å²) in [7, 11) is 0. The number of amides is 1. The molecule has 1 amide bonds. The fourth-order valence-corrected chi connectivity index (χ4v) is 1.59. The molecule has 17 heavy (non-hydrogen) atoms. The number of allylic oxidation sites excluding steroid dienone is 5. The Labute approximate surface area is 107 Å². The average Bonchev–Trinajstić information content (AvgIpc) is 2.48. The van der Waals surface area contributed by atoms with Crippen molar-refractivity contribution in [3.63, 3.8) is 0 Å². The molecular weight excluding hydrogens is 238 g/mol. The maximum absolute atomic E-state index is 11.5. The summed E-state index contributed by atoms with van der Waals surface area (Å²) >= 11 is 6.11. The van der Waals surface area contributed by atoms with Crippen LogP contribution in [-0.4, -0.2) is 24.2 Å². The molecule has 0 heterocycles. The molecule has 0 radical (unpaired) electrons. The molecule has 1 atom stereocenters. The summed E-state index contributed by atoms with van der Waals surface area (Å²) in [5, 5.41) is 12.3. The smallest absolute Gasteiger partial charge is 0.225 e. The molecular formula is C13H18ClNO2. The molecule has 0 aromatic heterocycles. The number of carbonyl (C=O) groups is 1. The molecule has 1 aliphatic rings. The van der Waals surface area contributed by atoms with E-state index in [4.69, 9.17) is 16.7 Å². The normalized spacial score (nSPS) is 17.5. The Bertz CT molecular complexity index is 383. The van der Waals surface area contributed by atoms with Gasteiger partial charge >= 0.3 is 0 Å². The summed E-state index contributed by atoms with van der Waals surface area (Å²) in [5.41, 5.74) is 2.14. The van der Waals surface area contributed by atoms with Gasteiger partial charge in [0.15, 0.2) is 0 Å². The molecule has 0 aliphatic heterocycles. The van der Waals surface area contributed by atoms with Crippen molar-refractivity contribution in [1.82, 2.24) is 5.32 Å². The lowest BCUT2D eigenvalue weighted by atomic mass is 10.1. The van der Waals surface area contributed by atoms with Crippen LogP contribution in [0.2, 0.25) is 0 Å². The van der Waals surface area contributed by atoms with Crippen LogP contribution in [0.15, 0.2) is 34.4 Å². The summed E-state index contributed by atoms with van der Waals surface area (Å²) in [4.78, 5) is 11.5. The van der Waals surface area contributed by atoms with Crippen molar-refractivity contribution < 1.29 is 9.90 Å². The van der Waals surface area contributed by atoms with Crippen molar-refractivity contribution in [2.24, 2.45) is 5.92 Å². The predicted octanol–water partition coefficient (Wildman–Crippen LogP) is 2.13. The van der Waals surface area contributed by atoms with Gasteiger partial charge in [0.2, 0.25) is 5.91 Å². The van der Waals surface area contributed by atoms with Crippen molar-refractivity contribution in [3.05, 3.63) is 34.4 Å². The highest BCUT2D eigenvalue weighted by Gasteiger charge is 2.12. The Morgan fingerprint density at radius 2 is 2.29 bits per heavy atom. The van der Waals surface area contributed by atoms with E-state index < -0.39 is 0 Å². The fourth-order valence-electron chi connectivity index (χ4n) is 1.38. The molecule has 1 aliphatic carbocycles. The van der Waals surface area contributed by atoms with E-state index >= 15 is 0 Å². The first-order valence-electron chi connectivity index (χ1n) is 5.65. The number of carbonyl (C=O) groups excluding carboxylic acids is 1. The van der Waals surface area contributed by atoms with E-state index in [2.05, 4.69) is 11.4 Å². The number of hydrogen-bond acceptors (Lipinski definition) is 2. The van der Waals surface area contributed by atoms with Gasteiger partial charge in [-0.1, -0.05) is 36.2 Å². The molecule has 0 spiro atoms. The maximum atomic E-state index is 11.5. The van der Waals surface area contributed by atoms with E-state index in [1.54, 1.807) is 6.92 Å². The van der Waals surface area contributed by atoms with E-state index in [9.17, 15) is 4.79 Å². The van der Waals surface area contributed by atoms with Gasteiger partial charge < -0.3 is 10.4 Å².